The molecule has 0 N–H and O–H groups in total. The number of hydrogen-bond donors (Lipinski definition) is 0. The molecule has 2 nitrogen and oxygen atoms in total. The van der Waals surface area contributed by atoms with Crippen molar-refractivity contribution in [2.75, 3.05) is 19.8 Å². The van der Waals surface area contributed by atoms with Crippen molar-refractivity contribution in [2.45, 2.75) is 6.92 Å². The van der Waals surface area contributed by atoms with E-state index in [1.54, 1.807) is 0 Å². The average Bonchev–Trinajstić information content (AvgIpc) is 1.94. The lowest BCUT2D eigenvalue weighted by Crippen LogP contribution is -1.97. The summed E-state index contributed by atoms with van der Waals surface area (Å²) in [4.78, 5) is 0. The average molecular weight is 114 g/mol. The van der Waals surface area contributed by atoms with Crippen LogP contribution in [-0.2, 0) is 9.47 Å². The molecule has 46 valence electrons. The van der Waals surface area contributed by atoms with Crippen LogP contribution in [-0.4, -0.2) is 19.8 Å². The number of ether oxygens (including phenoxy) is 2. The summed E-state index contributed by atoms with van der Waals surface area (Å²) >= 11 is 0. The summed E-state index contributed by atoms with van der Waals surface area (Å²) < 4.78 is 10.2. The van der Waals surface area contributed by atoms with Crippen LogP contribution < -0.4 is 0 Å². The van der Waals surface area contributed by atoms with Crippen molar-refractivity contribution in [3.8, 4) is 0 Å². The first kappa shape index (κ1) is 5.63. The summed E-state index contributed by atoms with van der Waals surface area (Å²) in [5, 5.41) is 0. The van der Waals surface area contributed by atoms with Crippen molar-refractivity contribution >= 4 is 0 Å². The summed E-state index contributed by atoms with van der Waals surface area (Å²) in [7, 11) is 0. The Kier molecular flexibility index (Phi) is 1.92. The fraction of sp³-hybridized carbons (Fsp3) is 0.667. The van der Waals surface area contributed by atoms with Gasteiger partial charge in [0.15, 0.2) is 0 Å². The van der Waals surface area contributed by atoms with Gasteiger partial charge in [-0.15, -0.1) is 0 Å². The second kappa shape index (κ2) is 2.72. The quantitative estimate of drug-likeness (QED) is 0.466. The van der Waals surface area contributed by atoms with Gasteiger partial charge in [-0.25, -0.2) is 0 Å². The van der Waals surface area contributed by atoms with Crippen molar-refractivity contribution < 1.29 is 9.47 Å². The summed E-state index contributed by atoms with van der Waals surface area (Å²) in [5.74, 6) is 0.975. The van der Waals surface area contributed by atoms with Gasteiger partial charge in [0, 0.05) is 0 Å². The molecule has 1 aliphatic heterocycles. The molecule has 0 aromatic carbocycles. The van der Waals surface area contributed by atoms with Gasteiger partial charge in [-0.1, -0.05) is 0 Å². The van der Waals surface area contributed by atoms with Crippen LogP contribution in [0.4, 0.5) is 0 Å². The van der Waals surface area contributed by atoms with Crippen molar-refractivity contribution in [1.82, 2.24) is 0 Å². The predicted molar refractivity (Wildman–Crippen MR) is 30.5 cm³/mol. The summed E-state index contributed by atoms with van der Waals surface area (Å²) in [6, 6.07) is 0. The minimum atomic E-state index is 0.697. The summed E-state index contributed by atoms with van der Waals surface area (Å²) in [6.07, 6.45) is 1.94. The van der Waals surface area contributed by atoms with Crippen LogP contribution in [0.5, 0.6) is 0 Å². The van der Waals surface area contributed by atoms with Crippen LogP contribution in [0.3, 0.4) is 0 Å². The molecule has 0 fully saturated rings. The van der Waals surface area contributed by atoms with E-state index in [-0.39, 0.29) is 0 Å². The normalized spacial score (nSPS) is 20.9. The monoisotopic (exact) mass is 114 g/mol. The minimum Gasteiger partial charge on any atom is -0.496 e. The Bertz CT molecular complexity index is 96.7. The zero-order valence-corrected chi connectivity index (χ0v) is 5.02. The van der Waals surface area contributed by atoms with E-state index in [0.717, 1.165) is 5.76 Å². The molecule has 0 amide bonds. The molecule has 0 bridgehead atoms. The Morgan fingerprint density at radius 1 is 1.50 bits per heavy atom. The summed E-state index contributed by atoms with van der Waals surface area (Å²) in [5.41, 5.74) is 0. The van der Waals surface area contributed by atoms with Gasteiger partial charge in [-0.2, -0.15) is 0 Å². The lowest BCUT2D eigenvalue weighted by molar-refractivity contribution is 0.111. The van der Waals surface area contributed by atoms with Crippen LogP contribution in [0.25, 0.3) is 0 Å². The molecule has 1 aliphatic rings. The van der Waals surface area contributed by atoms with Crippen molar-refractivity contribution in [3.05, 3.63) is 11.8 Å². The highest BCUT2D eigenvalue weighted by Crippen LogP contribution is 1.98. The SMILES string of the molecule is CC1=CCOCCO1. The Labute approximate surface area is 49.1 Å². The van der Waals surface area contributed by atoms with Gasteiger partial charge in [0.1, 0.15) is 6.61 Å². The maximum Gasteiger partial charge on any atom is 0.111 e. The highest BCUT2D eigenvalue weighted by atomic mass is 16.5. The minimum absolute atomic E-state index is 0.697. The number of hydrogen-bond acceptors (Lipinski definition) is 2. The fourth-order valence-electron chi connectivity index (χ4n) is 0.580. The van der Waals surface area contributed by atoms with E-state index in [1.807, 2.05) is 13.0 Å². The van der Waals surface area contributed by atoms with E-state index in [9.17, 15) is 0 Å². The van der Waals surface area contributed by atoms with Crippen LogP contribution in [0.2, 0.25) is 0 Å². The Hall–Kier alpha value is -0.500. The lowest BCUT2D eigenvalue weighted by Gasteiger charge is -1.98. The third-order valence-corrected chi connectivity index (χ3v) is 1.05. The number of allylic oxidation sites excluding steroid dienone is 1. The topological polar surface area (TPSA) is 18.5 Å². The first-order valence-electron chi connectivity index (χ1n) is 2.77. The van der Waals surface area contributed by atoms with Crippen LogP contribution in [0, 0.1) is 0 Å². The molecule has 2 heteroatoms. The Balaban J connectivity index is 2.36. The highest BCUT2D eigenvalue weighted by Gasteiger charge is 1.94. The molecular weight excluding hydrogens is 104 g/mol. The van der Waals surface area contributed by atoms with E-state index < -0.39 is 0 Å². The molecule has 0 aliphatic carbocycles. The molecule has 0 saturated carbocycles. The maximum atomic E-state index is 5.14. The van der Waals surface area contributed by atoms with E-state index >= 15 is 0 Å². The second-order valence-corrected chi connectivity index (χ2v) is 1.74. The van der Waals surface area contributed by atoms with Gasteiger partial charge >= 0.3 is 0 Å². The van der Waals surface area contributed by atoms with E-state index in [2.05, 4.69) is 0 Å². The molecule has 0 spiro atoms. The highest BCUT2D eigenvalue weighted by molar-refractivity contribution is 4.89. The maximum absolute atomic E-state index is 5.14. The molecule has 0 aromatic rings. The Morgan fingerprint density at radius 2 is 2.38 bits per heavy atom. The van der Waals surface area contributed by atoms with Gasteiger partial charge in [0.2, 0.25) is 0 Å². The first-order chi connectivity index (χ1) is 3.89. The fourth-order valence-corrected chi connectivity index (χ4v) is 0.580. The lowest BCUT2D eigenvalue weighted by atomic mass is 10.5. The summed E-state index contributed by atoms with van der Waals surface area (Å²) in [6.45, 7) is 4.05. The molecule has 0 radical (unpaired) electrons. The third-order valence-electron chi connectivity index (χ3n) is 1.05. The van der Waals surface area contributed by atoms with Gasteiger partial charge in [-0.3, -0.25) is 0 Å². The van der Waals surface area contributed by atoms with Crippen molar-refractivity contribution in [2.24, 2.45) is 0 Å². The second-order valence-electron chi connectivity index (χ2n) is 1.74. The zero-order valence-electron chi connectivity index (χ0n) is 5.02. The van der Waals surface area contributed by atoms with Gasteiger partial charge in [-0.05, 0) is 13.0 Å². The molecule has 0 aromatic heterocycles. The smallest absolute Gasteiger partial charge is 0.111 e. The first-order valence-corrected chi connectivity index (χ1v) is 2.77. The van der Waals surface area contributed by atoms with Gasteiger partial charge < -0.3 is 9.47 Å². The molecule has 8 heavy (non-hydrogen) atoms. The molecule has 0 atom stereocenters. The van der Waals surface area contributed by atoms with E-state index in [0.29, 0.717) is 19.8 Å². The van der Waals surface area contributed by atoms with E-state index in [1.165, 1.54) is 0 Å². The van der Waals surface area contributed by atoms with Gasteiger partial charge in [0.05, 0.1) is 19.0 Å². The predicted octanol–water partition coefficient (Wildman–Crippen LogP) is 0.937. The molecule has 0 saturated heterocycles. The molecule has 0 unspecified atom stereocenters. The van der Waals surface area contributed by atoms with Crippen molar-refractivity contribution in [1.29, 1.82) is 0 Å². The third kappa shape index (κ3) is 1.54. The van der Waals surface area contributed by atoms with Crippen molar-refractivity contribution in [3.63, 3.8) is 0 Å². The zero-order chi connectivity index (χ0) is 5.82. The van der Waals surface area contributed by atoms with Crippen LogP contribution in [0.15, 0.2) is 11.8 Å². The van der Waals surface area contributed by atoms with Crippen LogP contribution >= 0.6 is 0 Å². The largest absolute Gasteiger partial charge is 0.496 e. The standard InChI is InChI=1S/C6H10O2/c1-6-2-3-7-4-5-8-6/h2H,3-5H2,1H3. The molecular formula is C6H10O2. The Morgan fingerprint density at radius 3 is 3.25 bits per heavy atom. The van der Waals surface area contributed by atoms with E-state index in [4.69, 9.17) is 9.47 Å². The van der Waals surface area contributed by atoms with Crippen LogP contribution in [0.1, 0.15) is 6.92 Å². The number of rotatable bonds is 0. The van der Waals surface area contributed by atoms with Gasteiger partial charge in [0.25, 0.3) is 0 Å². The molecule has 1 heterocycles. The molecule has 1 rings (SSSR count).